The third-order valence-electron chi connectivity index (χ3n) is 3.26. The number of aromatic nitrogens is 2. The maximum atomic E-state index is 11.9. The third-order valence-corrected chi connectivity index (χ3v) is 3.81. The van der Waals surface area contributed by atoms with Gasteiger partial charge in [-0.05, 0) is 39.0 Å². The molecule has 0 aliphatic carbocycles. The van der Waals surface area contributed by atoms with Gasteiger partial charge in [0.2, 0.25) is 0 Å². The summed E-state index contributed by atoms with van der Waals surface area (Å²) >= 11 is 1.48. The van der Waals surface area contributed by atoms with Crippen molar-refractivity contribution in [2.24, 2.45) is 0 Å². The minimum Gasteiger partial charge on any atom is -0.453 e. The molecule has 1 aromatic heterocycles. The Balaban J connectivity index is 2.56. The van der Waals surface area contributed by atoms with Crippen LogP contribution in [-0.2, 0) is 20.7 Å². The lowest BCUT2D eigenvalue weighted by atomic mass is 10.1. The lowest BCUT2D eigenvalue weighted by Gasteiger charge is -2.13. The number of esters is 1. The third kappa shape index (κ3) is 6.02. The largest absolute Gasteiger partial charge is 0.453 e. The Morgan fingerprint density at radius 1 is 1.35 bits per heavy atom. The Morgan fingerprint density at radius 2 is 1.96 bits per heavy atom. The van der Waals surface area contributed by atoms with E-state index in [1.807, 2.05) is 20.1 Å². The average molecular weight is 337 g/mol. The van der Waals surface area contributed by atoms with Gasteiger partial charge in [0.25, 0.3) is 5.91 Å². The Kier molecular flexibility index (Phi) is 7.74. The van der Waals surface area contributed by atoms with Crippen LogP contribution in [-0.4, -0.2) is 40.7 Å². The van der Waals surface area contributed by atoms with Crippen LogP contribution in [0.2, 0.25) is 0 Å². The fraction of sp³-hybridized carbons (Fsp3) is 0.500. The Morgan fingerprint density at radius 3 is 2.48 bits per heavy atom. The molecule has 0 unspecified atom stereocenters. The molecule has 6 nitrogen and oxygen atoms in total. The monoisotopic (exact) mass is 337 g/mol. The molecular weight excluding hydrogens is 314 g/mol. The fourth-order valence-corrected chi connectivity index (χ4v) is 2.47. The van der Waals surface area contributed by atoms with Gasteiger partial charge in [0.1, 0.15) is 0 Å². The topological polar surface area (TPSA) is 81.2 Å². The van der Waals surface area contributed by atoms with E-state index in [0.29, 0.717) is 13.0 Å². The second-order valence-corrected chi connectivity index (χ2v) is 5.80. The number of nitrogens with one attached hydrogen (secondary N) is 1. The summed E-state index contributed by atoms with van der Waals surface area (Å²) < 4.78 is 5.13. The summed E-state index contributed by atoms with van der Waals surface area (Å²) in [5.74, 6) is -0.753. The van der Waals surface area contributed by atoms with Crippen LogP contribution in [0.25, 0.3) is 0 Å². The number of carbonyl (C=O) groups excluding carboxylic acids is 2. The molecule has 1 aromatic rings. The van der Waals surface area contributed by atoms with Crippen molar-refractivity contribution in [3.63, 3.8) is 0 Å². The predicted octanol–water partition coefficient (Wildman–Crippen LogP) is 1.98. The van der Waals surface area contributed by atoms with E-state index in [-0.39, 0.29) is 12.3 Å². The summed E-state index contributed by atoms with van der Waals surface area (Å²) in [5, 5.41) is 3.31. The molecule has 1 N–H and O–H groups in total. The predicted molar refractivity (Wildman–Crippen MR) is 90.4 cm³/mol. The maximum Gasteiger partial charge on any atom is 0.306 e. The van der Waals surface area contributed by atoms with Crippen LogP contribution in [0.4, 0.5) is 0 Å². The summed E-state index contributed by atoms with van der Waals surface area (Å²) in [6, 6.07) is 0. The van der Waals surface area contributed by atoms with Crippen molar-refractivity contribution in [2.75, 3.05) is 12.8 Å². The molecule has 0 saturated carbocycles. The number of aryl methyl sites for hydroxylation is 2. The summed E-state index contributed by atoms with van der Waals surface area (Å²) in [4.78, 5) is 32.3. The Hall–Kier alpha value is -1.89. The van der Waals surface area contributed by atoms with Gasteiger partial charge < -0.3 is 10.1 Å². The lowest BCUT2D eigenvalue weighted by molar-refractivity contribution is -0.154. The molecule has 7 heteroatoms. The van der Waals surface area contributed by atoms with Crippen molar-refractivity contribution in [1.82, 2.24) is 15.3 Å². The molecule has 0 saturated heterocycles. The van der Waals surface area contributed by atoms with Gasteiger partial charge in [-0.1, -0.05) is 17.8 Å². The van der Waals surface area contributed by atoms with Gasteiger partial charge in [0.15, 0.2) is 11.3 Å². The zero-order chi connectivity index (χ0) is 17.4. The summed E-state index contributed by atoms with van der Waals surface area (Å²) in [5.41, 5.74) is 2.68. The van der Waals surface area contributed by atoms with Crippen LogP contribution in [0.15, 0.2) is 17.8 Å². The van der Waals surface area contributed by atoms with E-state index >= 15 is 0 Å². The molecule has 23 heavy (non-hydrogen) atoms. The number of hydrogen-bond acceptors (Lipinski definition) is 6. The van der Waals surface area contributed by atoms with Gasteiger partial charge in [-0.25, -0.2) is 9.97 Å². The van der Waals surface area contributed by atoms with Crippen molar-refractivity contribution in [3.05, 3.63) is 29.6 Å². The number of hydrogen-bond donors (Lipinski definition) is 1. The summed E-state index contributed by atoms with van der Waals surface area (Å²) in [6.45, 7) is 9.21. The van der Waals surface area contributed by atoms with Crippen LogP contribution >= 0.6 is 11.8 Å². The maximum absolute atomic E-state index is 11.9. The Bertz CT molecular complexity index is 567. The molecular formula is C16H23N3O3S. The minimum absolute atomic E-state index is 0.183. The van der Waals surface area contributed by atoms with Gasteiger partial charge in [-0.2, -0.15) is 0 Å². The van der Waals surface area contributed by atoms with Crippen molar-refractivity contribution in [1.29, 1.82) is 0 Å². The van der Waals surface area contributed by atoms with Crippen LogP contribution < -0.4 is 5.32 Å². The first-order valence-corrected chi connectivity index (χ1v) is 8.57. The smallest absolute Gasteiger partial charge is 0.306 e. The molecule has 1 atom stereocenters. The highest BCUT2D eigenvalue weighted by Crippen LogP contribution is 2.17. The minimum atomic E-state index is -0.820. The Labute approximate surface area is 141 Å². The van der Waals surface area contributed by atoms with Gasteiger partial charge >= 0.3 is 5.97 Å². The average Bonchev–Trinajstić information content (AvgIpc) is 2.51. The van der Waals surface area contributed by atoms with E-state index in [0.717, 1.165) is 22.1 Å². The molecule has 1 heterocycles. The molecule has 0 aliphatic rings. The first-order chi connectivity index (χ1) is 10.9. The lowest BCUT2D eigenvalue weighted by Crippen LogP contribution is -2.35. The number of thioether (sulfide) groups is 1. The molecule has 0 bridgehead atoms. The number of nitrogens with zero attached hydrogens (tertiary/aromatic N) is 2. The highest BCUT2D eigenvalue weighted by molar-refractivity contribution is 7.98. The van der Waals surface area contributed by atoms with Gasteiger partial charge in [-0.15, -0.1) is 6.58 Å². The summed E-state index contributed by atoms with van der Waals surface area (Å²) in [7, 11) is 0. The molecule has 1 rings (SSSR count). The quantitative estimate of drug-likeness (QED) is 0.338. The van der Waals surface area contributed by atoms with E-state index in [1.54, 1.807) is 13.0 Å². The zero-order valence-electron chi connectivity index (χ0n) is 14.0. The van der Waals surface area contributed by atoms with E-state index in [4.69, 9.17) is 4.74 Å². The second kappa shape index (κ2) is 9.29. The standard InChI is InChI=1S/C16H23N3O3S/c1-6-9-17-15(21)12(4)22-14(20)8-7-13-10(2)18-16(23-5)19-11(13)3/h6,12H,1,7-9H2,2-5H3,(H,17,21)/t12-/m0/s1. The van der Waals surface area contributed by atoms with Crippen molar-refractivity contribution < 1.29 is 14.3 Å². The normalized spacial score (nSPS) is 11.7. The van der Waals surface area contributed by atoms with Gasteiger partial charge in [-0.3, -0.25) is 9.59 Å². The number of carbonyl (C=O) groups is 2. The van der Waals surface area contributed by atoms with Crippen LogP contribution in [0, 0.1) is 13.8 Å². The number of ether oxygens (including phenoxy) is 1. The van der Waals surface area contributed by atoms with E-state index < -0.39 is 12.1 Å². The highest BCUT2D eigenvalue weighted by atomic mass is 32.2. The molecule has 126 valence electrons. The highest BCUT2D eigenvalue weighted by Gasteiger charge is 2.18. The van der Waals surface area contributed by atoms with Crippen LogP contribution in [0.1, 0.15) is 30.3 Å². The first kappa shape index (κ1) is 19.2. The van der Waals surface area contributed by atoms with E-state index in [9.17, 15) is 9.59 Å². The molecule has 1 amide bonds. The molecule has 0 aliphatic heterocycles. The van der Waals surface area contributed by atoms with Gasteiger partial charge in [0, 0.05) is 24.4 Å². The molecule has 0 spiro atoms. The summed E-state index contributed by atoms with van der Waals surface area (Å²) in [6.07, 6.45) is 3.34. The van der Waals surface area contributed by atoms with Crippen molar-refractivity contribution in [3.8, 4) is 0 Å². The van der Waals surface area contributed by atoms with E-state index in [2.05, 4.69) is 21.9 Å². The molecule has 0 radical (unpaired) electrons. The number of rotatable bonds is 8. The van der Waals surface area contributed by atoms with Crippen LogP contribution in [0.5, 0.6) is 0 Å². The van der Waals surface area contributed by atoms with E-state index in [1.165, 1.54) is 11.8 Å². The fourth-order valence-electron chi connectivity index (χ4n) is 2.01. The van der Waals surface area contributed by atoms with Crippen molar-refractivity contribution >= 4 is 23.6 Å². The zero-order valence-corrected chi connectivity index (χ0v) is 14.8. The van der Waals surface area contributed by atoms with Crippen molar-refractivity contribution in [2.45, 2.75) is 44.9 Å². The van der Waals surface area contributed by atoms with Gasteiger partial charge in [0.05, 0.1) is 0 Å². The number of amides is 1. The SMILES string of the molecule is C=CCNC(=O)[C@H](C)OC(=O)CCc1c(C)nc(SC)nc1C. The first-order valence-electron chi connectivity index (χ1n) is 7.35. The second-order valence-electron chi connectivity index (χ2n) is 5.03. The molecule has 0 fully saturated rings. The molecule has 0 aromatic carbocycles. The van der Waals surface area contributed by atoms with Crippen LogP contribution in [0.3, 0.4) is 0 Å².